The molecule has 0 bridgehead atoms. The van der Waals surface area contributed by atoms with Gasteiger partial charge in [0, 0.05) is 30.6 Å². The fourth-order valence-electron chi connectivity index (χ4n) is 2.47. The monoisotopic (exact) mass is 269 g/mol. The van der Waals surface area contributed by atoms with Crippen molar-refractivity contribution < 1.29 is 4.74 Å². The van der Waals surface area contributed by atoms with Gasteiger partial charge in [-0.1, -0.05) is 0 Å². The first-order chi connectivity index (χ1) is 9.76. The third-order valence-electron chi connectivity index (χ3n) is 3.48. The molecule has 104 valence electrons. The van der Waals surface area contributed by atoms with E-state index >= 15 is 0 Å². The molecule has 1 aromatic carbocycles. The Morgan fingerprint density at radius 2 is 2.15 bits per heavy atom. The minimum Gasteiger partial charge on any atom is -0.493 e. The average Bonchev–Trinajstić information content (AvgIpc) is 2.92. The summed E-state index contributed by atoms with van der Waals surface area (Å²) in [5.74, 6) is 1.90. The molecule has 1 aromatic heterocycles. The predicted molar refractivity (Wildman–Crippen MR) is 79.0 cm³/mol. The number of rotatable bonds is 4. The molecule has 1 aliphatic rings. The summed E-state index contributed by atoms with van der Waals surface area (Å²) in [7, 11) is 1.94. The topological polar surface area (TPSA) is 47.0 Å². The molecule has 0 radical (unpaired) electrons. The molecule has 0 saturated heterocycles. The number of hydrogen-bond donors (Lipinski definition) is 1. The zero-order valence-electron chi connectivity index (χ0n) is 11.9. The van der Waals surface area contributed by atoms with E-state index in [-0.39, 0.29) is 0 Å². The van der Waals surface area contributed by atoms with Crippen molar-refractivity contribution in [2.45, 2.75) is 19.8 Å². The van der Waals surface area contributed by atoms with E-state index in [1.54, 1.807) is 0 Å². The summed E-state index contributed by atoms with van der Waals surface area (Å²) in [6.45, 7) is 3.69. The highest BCUT2D eigenvalue weighted by atomic mass is 16.5. The van der Waals surface area contributed by atoms with Gasteiger partial charge in [0.2, 0.25) is 0 Å². The average molecular weight is 269 g/mol. The molecule has 0 aliphatic carbocycles. The van der Waals surface area contributed by atoms with Gasteiger partial charge in [0.25, 0.3) is 0 Å². The lowest BCUT2D eigenvalue weighted by atomic mass is 10.1. The molecule has 0 amide bonds. The second-order valence-corrected chi connectivity index (χ2v) is 5.09. The lowest BCUT2D eigenvalue weighted by Gasteiger charge is -2.07. The van der Waals surface area contributed by atoms with Crippen molar-refractivity contribution in [3.8, 4) is 17.0 Å². The van der Waals surface area contributed by atoms with E-state index in [9.17, 15) is 0 Å². The minimum absolute atomic E-state index is 0.787. The first-order valence-electron chi connectivity index (χ1n) is 7.01. The van der Waals surface area contributed by atoms with Gasteiger partial charge in [0.05, 0.1) is 12.3 Å². The lowest BCUT2D eigenvalue weighted by molar-refractivity contribution is 0.357. The highest BCUT2D eigenvalue weighted by molar-refractivity contribution is 5.63. The Balaban J connectivity index is 1.94. The maximum absolute atomic E-state index is 5.55. The molecule has 1 N–H and O–H groups in total. The largest absolute Gasteiger partial charge is 0.493 e. The van der Waals surface area contributed by atoms with Gasteiger partial charge in [-0.2, -0.15) is 0 Å². The number of aryl methyl sites for hydroxylation is 1. The van der Waals surface area contributed by atoms with Crippen LogP contribution in [0.3, 0.4) is 0 Å². The van der Waals surface area contributed by atoms with Crippen molar-refractivity contribution >= 4 is 0 Å². The molecule has 2 heterocycles. The van der Waals surface area contributed by atoms with Crippen molar-refractivity contribution in [1.29, 1.82) is 0 Å². The van der Waals surface area contributed by atoms with Gasteiger partial charge in [-0.3, -0.25) is 0 Å². The Bertz CT molecular complexity index is 625. The van der Waals surface area contributed by atoms with Crippen molar-refractivity contribution in [1.82, 2.24) is 15.3 Å². The molecule has 0 saturated carbocycles. The molecule has 20 heavy (non-hydrogen) atoms. The summed E-state index contributed by atoms with van der Waals surface area (Å²) < 4.78 is 5.55. The third-order valence-corrected chi connectivity index (χ3v) is 3.48. The Morgan fingerprint density at radius 3 is 3.00 bits per heavy atom. The zero-order valence-corrected chi connectivity index (χ0v) is 11.9. The molecule has 0 fully saturated rings. The van der Waals surface area contributed by atoms with Crippen LogP contribution in [-0.2, 0) is 12.8 Å². The number of likely N-dealkylation sites (N-methyl/N-ethyl adjacent to an activating group) is 1. The summed E-state index contributed by atoms with van der Waals surface area (Å²) in [6.07, 6.45) is 1.83. The number of nitrogens with one attached hydrogen (secondary N) is 1. The third kappa shape index (κ3) is 2.65. The van der Waals surface area contributed by atoms with Crippen LogP contribution < -0.4 is 10.1 Å². The fraction of sp³-hybridized carbons (Fsp3) is 0.375. The van der Waals surface area contributed by atoms with Crippen molar-refractivity contribution in [2.75, 3.05) is 20.2 Å². The normalized spacial score (nSPS) is 13.1. The summed E-state index contributed by atoms with van der Waals surface area (Å²) in [6, 6.07) is 8.35. The predicted octanol–water partition coefficient (Wildman–Crippen LogP) is 2.15. The van der Waals surface area contributed by atoms with Gasteiger partial charge in [-0.05, 0) is 43.8 Å². The second kappa shape index (κ2) is 5.59. The van der Waals surface area contributed by atoms with Crippen LogP contribution in [0.5, 0.6) is 5.75 Å². The van der Waals surface area contributed by atoms with E-state index in [2.05, 4.69) is 27.4 Å². The molecular weight excluding hydrogens is 250 g/mol. The van der Waals surface area contributed by atoms with Crippen molar-refractivity contribution in [3.63, 3.8) is 0 Å². The first kappa shape index (κ1) is 13.1. The maximum atomic E-state index is 5.55. The molecule has 1 aliphatic heterocycles. The van der Waals surface area contributed by atoms with Gasteiger partial charge < -0.3 is 10.1 Å². The highest BCUT2D eigenvalue weighted by Gasteiger charge is 2.13. The Kier molecular flexibility index (Phi) is 3.65. The summed E-state index contributed by atoms with van der Waals surface area (Å²) in [5, 5.41) is 3.13. The number of nitrogens with zero attached hydrogens (tertiary/aromatic N) is 2. The number of hydrogen-bond acceptors (Lipinski definition) is 4. The van der Waals surface area contributed by atoms with Crippen LogP contribution in [0.25, 0.3) is 11.3 Å². The highest BCUT2D eigenvalue weighted by Crippen LogP contribution is 2.29. The Hall–Kier alpha value is -1.94. The Morgan fingerprint density at radius 1 is 1.25 bits per heavy atom. The second-order valence-electron chi connectivity index (χ2n) is 5.09. The quantitative estimate of drug-likeness (QED) is 0.924. The summed E-state index contributed by atoms with van der Waals surface area (Å²) in [4.78, 5) is 9.17. The maximum Gasteiger partial charge on any atom is 0.130 e. The molecule has 4 heteroatoms. The van der Waals surface area contributed by atoms with Crippen LogP contribution in [0.4, 0.5) is 0 Å². The molecule has 4 nitrogen and oxygen atoms in total. The summed E-state index contributed by atoms with van der Waals surface area (Å²) in [5.41, 5.74) is 4.43. The first-order valence-corrected chi connectivity index (χ1v) is 7.01. The van der Waals surface area contributed by atoms with Gasteiger partial charge >= 0.3 is 0 Å². The molecule has 0 unspecified atom stereocenters. The standard InChI is InChI=1S/C16H19N3O/c1-11-9-14(19-16(18-11)5-7-17-2)12-3-4-15-13(10-12)6-8-20-15/h3-4,9-10,17H,5-8H2,1-2H3. The molecule has 0 spiro atoms. The number of ether oxygens (including phenoxy) is 1. The molecular formula is C16H19N3O. The minimum atomic E-state index is 0.787. The van der Waals surface area contributed by atoms with Crippen LogP contribution >= 0.6 is 0 Å². The van der Waals surface area contributed by atoms with E-state index in [1.165, 1.54) is 5.56 Å². The van der Waals surface area contributed by atoms with Gasteiger partial charge in [-0.15, -0.1) is 0 Å². The van der Waals surface area contributed by atoms with E-state index in [4.69, 9.17) is 4.74 Å². The SMILES string of the molecule is CNCCc1nc(C)cc(-c2ccc3c(c2)CCO3)n1. The molecule has 3 rings (SSSR count). The number of fused-ring (bicyclic) bond motifs is 1. The van der Waals surface area contributed by atoms with E-state index in [0.29, 0.717) is 0 Å². The smallest absolute Gasteiger partial charge is 0.130 e. The van der Waals surface area contributed by atoms with Crippen LogP contribution in [0.1, 0.15) is 17.1 Å². The van der Waals surface area contributed by atoms with E-state index < -0.39 is 0 Å². The van der Waals surface area contributed by atoms with Crippen LogP contribution in [-0.4, -0.2) is 30.2 Å². The molecule has 0 atom stereocenters. The Labute approximate surface area is 119 Å². The zero-order chi connectivity index (χ0) is 13.9. The number of aromatic nitrogens is 2. The van der Waals surface area contributed by atoms with Crippen LogP contribution in [0.15, 0.2) is 24.3 Å². The van der Waals surface area contributed by atoms with Crippen LogP contribution in [0, 0.1) is 6.92 Å². The lowest BCUT2D eigenvalue weighted by Crippen LogP contribution is -2.12. The van der Waals surface area contributed by atoms with E-state index in [0.717, 1.165) is 54.5 Å². The molecule has 2 aromatic rings. The van der Waals surface area contributed by atoms with Gasteiger partial charge in [0.1, 0.15) is 11.6 Å². The van der Waals surface area contributed by atoms with Crippen molar-refractivity contribution in [3.05, 3.63) is 41.3 Å². The number of benzene rings is 1. The van der Waals surface area contributed by atoms with Gasteiger partial charge in [-0.25, -0.2) is 9.97 Å². The van der Waals surface area contributed by atoms with Crippen molar-refractivity contribution in [2.24, 2.45) is 0 Å². The fourth-order valence-corrected chi connectivity index (χ4v) is 2.47. The van der Waals surface area contributed by atoms with E-state index in [1.807, 2.05) is 26.1 Å². The van der Waals surface area contributed by atoms with Gasteiger partial charge in [0.15, 0.2) is 0 Å². The summed E-state index contributed by atoms with van der Waals surface area (Å²) >= 11 is 0. The van der Waals surface area contributed by atoms with Crippen LogP contribution in [0.2, 0.25) is 0 Å².